The van der Waals surface area contributed by atoms with E-state index in [0.29, 0.717) is 0 Å². The van der Waals surface area contributed by atoms with Gasteiger partial charge in [0.25, 0.3) is 0 Å². The van der Waals surface area contributed by atoms with E-state index in [2.05, 4.69) is 0 Å². The standard InChI is InChI=1S/C14H22N2O5/c1-14(2,3)21-13(19)16-8-10(17)9(7-15(4)5)11(16)12(18)20-6/h7,11H,8H2,1-6H3/b9-7+/t11-/m0/s1. The van der Waals surface area contributed by atoms with Crippen molar-refractivity contribution in [3.63, 3.8) is 0 Å². The highest BCUT2D eigenvalue weighted by Gasteiger charge is 2.45. The first-order chi connectivity index (χ1) is 9.56. The average molecular weight is 298 g/mol. The summed E-state index contributed by atoms with van der Waals surface area (Å²) in [6.07, 6.45) is 0.808. The van der Waals surface area contributed by atoms with Crippen molar-refractivity contribution in [2.75, 3.05) is 27.7 Å². The molecule has 0 aromatic heterocycles. The summed E-state index contributed by atoms with van der Waals surface area (Å²) in [4.78, 5) is 38.9. The molecule has 0 N–H and O–H groups in total. The Morgan fingerprint density at radius 3 is 2.33 bits per heavy atom. The van der Waals surface area contributed by atoms with Gasteiger partial charge in [-0.1, -0.05) is 0 Å². The molecule has 0 aromatic rings. The summed E-state index contributed by atoms with van der Waals surface area (Å²) in [5.74, 6) is -0.968. The topological polar surface area (TPSA) is 76.2 Å². The summed E-state index contributed by atoms with van der Waals surface area (Å²) in [6, 6.07) is -1.07. The minimum atomic E-state index is -1.07. The number of rotatable bonds is 2. The predicted octanol–water partition coefficient (Wildman–Crippen LogP) is 0.793. The zero-order chi connectivity index (χ0) is 16.4. The van der Waals surface area contributed by atoms with Crippen LogP contribution in [0.4, 0.5) is 4.79 Å². The molecule has 1 aliphatic rings. The van der Waals surface area contributed by atoms with Crippen LogP contribution < -0.4 is 0 Å². The zero-order valence-corrected chi connectivity index (χ0v) is 13.3. The Bertz CT molecular complexity index is 476. The van der Waals surface area contributed by atoms with Crippen LogP contribution >= 0.6 is 0 Å². The third-order valence-electron chi connectivity index (χ3n) is 2.69. The molecule has 0 saturated carbocycles. The molecule has 1 atom stereocenters. The maximum Gasteiger partial charge on any atom is 0.411 e. The van der Waals surface area contributed by atoms with Crippen molar-refractivity contribution in [2.45, 2.75) is 32.4 Å². The fraction of sp³-hybridized carbons (Fsp3) is 0.643. The molecule has 0 bridgehead atoms. The largest absolute Gasteiger partial charge is 0.467 e. The van der Waals surface area contributed by atoms with E-state index < -0.39 is 23.7 Å². The van der Waals surface area contributed by atoms with E-state index in [1.54, 1.807) is 39.8 Å². The molecule has 1 fully saturated rings. The van der Waals surface area contributed by atoms with Crippen molar-refractivity contribution in [3.8, 4) is 0 Å². The number of esters is 1. The van der Waals surface area contributed by atoms with Crippen LogP contribution in [0.1, 0.15) is 20.8 Å². The molecule has 0 aliphatic carbocycles. The van der Waals surface area contributed by atoms with Gasteiger partial charge in [0.15, 0.2) is 11.8 Å². The second-order valence-corrected chi connectivity index (χ2v) is 6.01. The van der Waals surface area contributed by atoms with E-state index in [9.17, 15) is 14.4 Å². The molecule has 0 radical (unpaired) electrons. The SMILES string of the molecule is COC(=O)[C@@H]1/C(=C/N(C)C)C(=O)CN1C(=O)OC(C)(C)C. The molecule has 1 heterocycles. The first kappa shape index (κ1) is 17.0. The molecule has 0 spiro atoms. The highest BCUT2D eigenvalue weighted by molar-refractivity contribution is 6.09. The van der Waals surface area contributed by atoms with Crippen LogP contribution in [0.25, 0.3) is 0 Å². The second-order valence-electron chi connectivity index (χ2n) is 6.01. The molecule has 7 nitrogen and oxygen atoms in total. The van der Waals surface area contributed by atoms with Crippen LogP contribution in [0, 0.1) is 0 Å². The fourth-order valence-corrected chi connectivity index (χ4v) is 1.93. The van der Waals surface area contributed by atoms with Crippen molar-refractivity contribution < 1.29 is 23.9 Å². The van der Waals surface area contributed by atoms with Gasteiger partial charge in [-0.3, -0.25) is 9.69 Å². The summed E-state index contributed by atoms with van der Waals surface area (Å²) >= 11 is 0. The minimum Gasteiger partial charge on any atom is -0.467 e. The molecule has 1 aliphatic heterocycles. The predicted molar refractivity (Wildman–Crippen MR) is 75.5 cm³/mol. The van der Waals surface area contributed by atoms with Crippen LogP contribution in [0.5, 0.6) is 0 Å². The lowest BCUT2D eigenvalue weighted by Gasteiger charge is -2.27. The molecule has 1 rings (SSSR count). The maximum absolute atomic E-state index is 12.2. The molecule has 7 heteroatoms. The number of Topliss-reactive ketones (excluding diaryl/α,β-unsaturated/α-hetero) is 1. The van der Waals surface area contributed by atoms with E-state index >= 15 is 0 Å². The number of ketones is 1. The lowest BCUT2D eigenvalue weighted by molar-refractivity contribution is -0.144. The fourth-order valence-electron chi connectivity index (χ4n) is 1.93. The van der Waals surface area contributed by atoms with Gasteiger partial charge in [0.1, 0.15) is 5.60 Å². The number of likely N-dealkylation sites (tertiary alicyclic amines) is 1. The molecular formula is C14H22N2O5. The Labute approximate surface area is 124 Å². The summed E-state index contributed by atoms with van der Waals surface area (Å²) in [5.41, 5.74) is -0.493. The number of ether oxygens (including phenoxy) is 2. The third-order valence-corrected chi connectivity index (χ3v) is 2.69. The van der Waals surface area contributed by atoms with Crippen LogP contribution in [0.15, 0.2) is 11.8 Å². The molecule has 118 valence electrons. The van der Waals surface area contributed by atoms with Gasteiger partial charge in [-0.2, -0.15) is 0 Å². The van der Waals surface area contributed by atoms with Crippen molar-refractivity contribution in [2.24, 2.45) is 0 Å². The number of carbonyl (C=O) groups excluding carboxylic acids is 3. The van der Waals surface area contributed by atoms with Crippen LogP contribution in [-0.2, 0) is 19.1 Å². The number of hydrogen-bond acceptors (Lipinski definition) is 6. The van der Waals surface area contributed by atoms with Gasteiger partial charge in [-0.05, 0) is 20.8 Å². The van der Waals surface area contributed by atoms with Gasteiger partial charge < -0.3 is 14.4 Å². The van der Waals surface area contributed by atoms with E-state index in [4.69, 9.17) is 9.47 Å². The molecule has 1 amide bonds. The molecular weight excluding hydrogens is 276 g/mol. The monoisotopic (exact) mass is 298 g/mol. The number of amides is 1. The van der Waals surface area contributed by atoms with E-state index in [1.807, 2.05) is 0 Å². The summed E-state index contributed by atoms with van der Waals surface area (Å²) in [6.45, 7) is 4.94. The number of nitrogens with zero attached hydrogens (tertiary/aromatic N) is 2. The average Bonchev–Trinajstić information content (AvgIpc) is 2.63. The van der Waals surface area contributed by atoms with Crippen molar-refractivity contribution in [3.05, 3.63) is 11.8 Å². The normalized spacial score (nSPS) is 20.7. The van der Waals surface area contributed by atoms with Crippen LogP contribution in [0.2, 0.25) is 0 Å². The van der Waals surface area contributed by atoms with Crippen molar-refractivity contribution in [1.29, 1.82) is 0 Å². The lowest BCUT2D eigenvalue weighted by Crippen LogP contribution is -2.44. The van der Waals surface area contributed by atoms with Crippen LogP contribution in [-0.4, -0.2) is 67.0 Å². The first-order valence-electron chi connectivity index (χ1n) is 6.55. The number of hydrogen-bond donors (Lipinski definition) is 0. The Hall–Kier alpha value is -2.05. The quantitative estimate of drug-likeness (QED) is 0.554. The van der Waals surface area contributed by atoms with Gasteiger partial charge in [0.2, 0.25) is 0 Å². The van der Waals surface area contributed by atoms with Crippen molar-refractivity contribution >= 4 is 17.8 Å². The van der Waals surface area contributed by atoms with E-state index in [0.717, 1.165) is 4.90 Å². The molecule has 0 unspecified atom stereocenters. The van der Waals surface area contributed by atoms with Gasteiger partial charge in [-0.25, -0.2) is 9.59 Å². The summed E-state index contributed by atoms with van der Waals surface area (Å²) in [5, 5.41) is 0. The minimum absolute atomic E-state index is 0.200. The maximum atomic E-state index is 12.2. The van der Waals surface area contributed by atoms with Gasteiger partial charge >= 0.3 is 12.1 Å². The highest BCUT2D eigenvalue weighted by Crippen LogP contribution is 2.24. The Morgan fingerprint density at radius 1 is 1.33 bits per heavy atom. The lowest BCUT2D eigenvalue weighted by atomic mass is 10.1. The third kappa shape index (κ3) is 4.21. The summed E-state index contributed by atoms with van der Waals surface area (Å²) < 4.78 is 9.94. The van der Waals surface area contributed by atoms with Crippen LogP contribution in [0.3, 0.4) is 0 Å². The molecule has 21 heavy (non-hydrogen) atoms. The molecule has 0 aromatic carbocycles. The smallest absolute Gasteiger partial charge is 0.411 e. The molecule has 1 saturated heterocycles. The number of methoxy groups -OCH3 is 1. The highest BCUT2D eigenvalue weighted by atomic mass is 16.6. The van der Waals surface area contributed by atoms with E-state index in [-0.39, 0.29) is 17.9 Å². The Balaban J connectivity index is 3.12. The zero-order valence-electron chi connectivity index (χ0n) is 13.3. The second kappa shape index (κ2) is 6.15. The van der Waals surface area contributed by atoms with Crippen molar-refractivity contribution in [1.82, 2.24) is 9.80 Å². The first-order valence-corrected chi connectivity index (χ1v) is 6.55. The Morgan fingerprint density at radius 2 is 1.90 bits per heavy atom. The van der Waals surface area contributed by atoms with Gasteiger partial charge in [0.05, 0.1) is 13.7 Å². The summed E-state index contributed by atoms with van der Waals surface area (Å²) in [7, 11) is 4.67. The van der Waals surface area contributed by atoms with Gasteiger partial charge in [-0.15, -0.1) is 0 Å². The Kier molecular flexibility index (Phi) is 4.98. The number of carbonyl (C=O) groups is 3. The van der Waals surface area contributed by atoms with Gasteiger partial charge in [0, 0.05) is 25.9 Å². The van der Waals surface area contributed by atoms with E-state index in [1.165, 1.54) is 13.3 Å².